The molecule has 442 valence electrons. The maximum Gasteiger partial charge on any atom is 0.234 e. The summed E-state index contributed by atoms with van der Waals surface area (Å²) >= 11 is 10.6. The van der Waals surface area contributed by atoms with Gasteiger partial charge >= 0.3 is 0 Å². The van der Waals surface area contributed by atoms with E-state index in [0.29, 0.717) is 63.9 Å². The van der Waals surface area contributed by atoms with Crippen LogP contribution in [0.1, 0.15) is 121 Å². The molecule has 0 bridgehead atoms. The van der Waals surface area contributed by atoms with Gasteiger partial charge in [-0.3, -0.25) is 0 Å². The van der Waals surface area contributed by atoms with Crippen LogP contribution in [0, 0.1) is 37.0 Å². The van der Waals surface area contributed by atoms with Crippen molar-refractivity contribution < 1.29 is 0 Å². The Labute approximate surface area is 496 Å². The third-order valence-corrected chi connectivity index (χ3v) is 11.3. The van der Waals surface area contributed by atoms with Gasteiger partial charge < -0.3 is 54.4 Å². The summed E-state index contributed by atoms with van der Waals surface area (Å²) in [5.41, 5.74) is 9.46. The minimum absolute atomic E-state index is 0. The van der Waals surface area contributed by atoms with Crippen molar-refractivity contribution in [2.24, 2.45) is 0 Å². The molecule has 0 aliphatic rings. The van der Waals surface area contributed by atoms with Crippen LogP contribution in [0.4, 0.5) is 47.1 Å². The second-order valence-corrected chi connectivity index (χ2v) is 17.3. The molecule has 29 heteroatoms. The minimum atomic E-state index is 0. The summed E-state index contributed by atoms with van der Waals surface area (Å²) in [6.07, 6.45) is 8.66. The number of nitriles is 1. The molecular formula is C53H78Cl3N26-. The van der Waals surface area contributed by atoms with Crippen LogP contribution < -0.4 is 42.5 Å². The number of fused-ring (bicyclic) bond motifs is 4. The van der Waals surface area contributed by atoms with Crippen molar-refractivity contribution in [2.45, 2.75) is 121 Å². The molecule has 8 N–H and O–H groups in total. The zero-order valence-electron chi connectivity index (χ0n) is 49.7. The first-order valence-electron chi connectivity index (χ1n) is 26.9. The molecule has 26 nitrogen and oxygen atoms in total. The molecule has 0 aromatic carbocycles. The lowest BCUT2D eigenvalue weighted by Crippen LogP contribution is -2.09. The Morgan fingerprint density at radius 1 is 0.378 bits per heavy atom. The molecule has 0 aliphatic heterocycles. The summed E-state index contributed by atoms with van der Waals surface area (Å²) in [5, 5.41) is 40.3. The Bertz CT molecular complexity index is 3090. The van der Waals surface area contributed by atoms with Crippen molar-refractivity contribution in [1.29, 1.82) is 10.5 Å². The van der Waals surface area contributed by atoms with Gasteiger partial charge in [0.15, 0.2) is 23.3 Å². The lowest BCUT2D eigenvalue weighted by molar-refractivity contribution is 0.935. The first-order valence-corrected chi connectivity index (χ1v) is 28.0. The normalized spacial score (nSPS) is 10.1. The topological polar surface area (TPSA) is 350 Å². The molecule has 0 fully saturated rings. The van der Waals surface area contributed by atoms with Crippen molar-refractivity contribution >= 4 is 127 Å². The molecule has 8 heterocycles. The Balaban J connectivity index is 0.000000364. The largest absolute Gasteiger partial charge is 0.512 e. The zero-order chi connectivity index (χ0) is 60.0. The van der Waals surface area contributed by atoms with E-state index in [1.165, 1.54) is 6.38 Å². The molecule has 0 unspecified atom stereocenters. The highest BCUT2D eigenvalue weighted by atomic mass is 35.5. The smallest absolute Gasteiger partial charge is 0.234 e. The van der Waals surface area contributed by atoms with Crippen LogP contribution in [0.2, 0.25) is 5.28 Å². The van der Waals surface area contributed by atoms with Crippen molar-refractivity contribution in [2.75, 3.05) is 103 Å². The van der Waals surface area contributed by atoms with E-state index in [0.717, 1.165) is 139 Å². The molecule has 82 heavy (non-hydrogen) atoms. The monoisotopic (exact) mass is 1180 g/mol. The number of alkyl halides is 1. The standard InChI is InChI=1S/C13H17N7.2C13H20N6.C12H17ClN6.CH3Cl.CN.ClH/c1-4-6-16-13-17-8(5-2)10-11(20-13)12(15-3)19-9(7-14)18-10;2*1-5-7-15-13-18-9(6-2)10-11(19-13)12(14-4)17-8(3)16-10;1-4-6-15-12-16-7(5-2)8-9(18-12)10(14-3)19-11(13)17-8;2*1-2;/h4-6H2,1-3H3,(H,15,18,19)(H,16,17,20);2*5-7H2,1-4H3,(H,14,16,17)(H,15,18,19);4-6H2,1-3H3,(H,14,17,19)(H,15,16,18);1H3;;1H/q;;;;;-1;. The number of hydrogen-bond acceptors (Lipinski definition) is 26. The van der Waals surface area contributed by atoms with Gasteiger partial charge in [-0.15, -0.1) is 24.0 Å². The first kappa shape index (κ1) is 70.0. The van der Waals surface area contributed by atoms with E-state index in [1.807, 2.05) is 47.9 Å². The average molecular weight is 1190 g/mol. The van der Waals surface area contributed by atoms with Gasteiger partial charge in [0.25, 0.3) is 0 Å². The fourth-order valence-electron chi connectivity index (χ4n) is 7.49. The van der Waals surface area contributed by atoms with Gasteiger partial charge in [-0.1, -0.05) is 55.4 Å². The molecule has 8 rings (SSSR count). The maximum absolute atomic E-state index is 9.00. The van der Waals surface area contributed by atoms with Gasteiger partial charge in [0.1, 0.15) is 61.9 Å². The lowest BCUT2D eigenvalue weighted by atomic mass is 10.2. The van der Waals surface area contributed by atoms with Crippen LogP contribution >= 0.6 is 35.6 Å². The van der Waals surface area contributed by atoms with E-state index in [9.17, 15) is 0 Å². The third-order valence-electron chi connectivity index (χ3n) is 11.2. The number of rotatable bonds is 20. The van der Waals surface area contributed by atoms with E-state index in [-0.39, 0.29) is 23.5 Å². The van der Waals surface area contributed by atoms with Crippen LogP contribution in [0.25, 0.3) is 44.1 Å². The number of aryl methyl sites for hydroxylation is 6. The fourth-order valence-corrected chi connectivity index (χ4v) is 7.66. The highest BCUT2D eigenvalue weighted by molar-refractivity contribution is 6.28. The SMILES string of the molecule is CCCNc1nc(CC)c2nc(C#N)nc(NC)c2n1.CCCNc1nc(CC)c2nc(C)nc(NC)c2n1.CCCNc1nc(CC)c2nc(C)nc(NC)c2n1.CCCNc1nc(CC)c2nc(Cl)nc(NC)c2n1.CCl.Cl.[C-]#N. The molecular weight excluding hydrogens is 1110 g/mol. The van der Waals surface area contributed by atoms with Gasteiger partial charge in [-0.2, -0.15) is 15.2 Å². The quantitative estimate of drug-likeness (QED) is 0.0200. The Kier molecular flexibility index (Phi) is 31.6. The number of halogens is 3. The number of nitrogens with zero attached hydrogens (tertiary/aromatic N) is 18. The van der Waals surface area contributed by atoms with E-state index in [4.69, 9.17) is 28.7 Å². The van der Waals surface area contributed by atoms with Gasteiger partial charge in [-0.25, -0.2) is 69.8 Å². The van der Waals surface area contributed by atoms with Crippen LogP contribution in [0.15, 0.2) is 0 Å². The summed E-state index contributed by atoms with van der Waals surface area (Å²) in [4.78, 5) is 70.4. The summed E-state index contributed by atoms with van der Waals surface area (Å²) in [6.45, 7) is 28.4. The molecule has 8 aromatic heterocycles. The highest BCUT2D eigenvalue weighted by Crippen LogP contribution is 2.27. The third kappa shape index (κ3) is 19.0. The van der Waals surface area contributed by atoms with Gasteiger partial charge in [-0.05, 0) is 76.8 Å². The van der Waals surface area contributed by atoms with E-state index in [2.05, 4.69) is 175 Å². The van der Waals surface area contributed by atoms with E-state index >= 15 is 0 Å². The van der Waals surface area contributed by atoms with Crippen molar-refractivity contribution in [3.63, 3.8) is 0 Å². The van der Waals surface area contributed by atoms with Crippen LogP contribution in [-0.2, 0) is 25.7 Å². The average Bonchev–Trinajstić information content (AvgIpc) is 3.53. The highest BCUT2D eigenvalue weighted by Gasteiger charge is 2.17. The lowest BCUT2D eigenvalue weighted by Gasteiger charge is -2.11. The fraction of sp³-hybridized carbons (Fsp3) is 0.509. The molecule has 0 spiro atoms. The van der Waals surface area contributed by atoms with Gasteiger partial charge in [0.05, 0.1) is 22.8 Å². The predicted molar refractivity (Wildman–Crippen MR) is 335 cm³/mol. The summed E-state index contributed by atoms with van der Waals surface area (Å²) in [5.74, 6) is 6.70. The Morgan fingerprint density at radius 2 is 0.646 bits per heavy atom. The van der Waals surface area contributed by atoms with Crippen molar-refractivity contribution in [3.8, 4) is 6.07 Å². The van der Waals surface area contributed by atoms with Crippen LogP contribution in [0.5, 0.6) is 0 Å². The zero-order valence-corrected chi connectivity index (χ0v) is 52.0. The van der Waals surface area contributed by atoms with Crippen molar-refractivity contribution in [3.05, 3.63) is 52.1 Å². The summed E-state index contributed by atoms with van der Waals surface area (Å²) < 4.78 is 0. The predicted octanol–water partition coefficient (Wildman–Crippen LogP) is 9.90. The molecule has 0 amide bonds. The Morgan fingerprint density at radius 3 is 0.915 bits per heavy atom. The Hall–Kier alpha value is -8.07. The molecule has 0 radical (unpaired) electrons. The second kappa shape index (κ2) is 37.0. The molecule has 0 atom stereocenters. The van der Waals surface area contributed by atoms with E-state index in [1.54, 1.807) is 14.1 Å². The minimum Gasteiger partial charge on any atom is -0.512 e. The van der Waals surface area contributed by atoms with Crippen LogP contribution in [0.3, 0.4) is 0 Å². The number of nitrogens with one attached hydrogen (secondary N) is 8. The molecule has 0 saturated heterocycles. The van der Waals surface area contributed by atoms with E-state index < -0.39 is 0 Å². The first-order chi connectivity index (χ1) is 39.3. The van der Waals surface area contributed by atoms with Crippen molar-refractivity contribution in [1.82, 2.24) is 79.7 Å². The molecule has 0 aliphatic carbocycles. The van der Waals surface area contributed by atoms with Gasteiger partial charge in [0, 0.05) is 60.8 Å². The maximum atomic E-state index is 9.00. The molecule has 0 saturated carbocycles. The van der Waals surface area contributed by atoms with Gasteiger partial charge in [0.2, 0.25) is 34.9 Å². The second-order valence-electron chi connectivity index (χ2n) is 17.0. The van der Waals surface area contributed by atoms with Crippen LogP contribution in [-0.4, -0.2) is 140 Å². The number of anilines is 8. The molecule has 8 aromatic rings. The number of aromatic nitrogens is 16. The summed E-state index contributed by atoms with van der Waals surface area (Å²) in [6, 6.07) is 1.96. The summed E-state index contributed by atoms with van der Waals surface area (Å²) in [7, 11) is 7.21. The number of hydrogen-bond donors (Lipinski definition) is 8.